The van der Waals surface area contributed by atoms with Crippen LogP contribution in [0, 0.1) is 20.8 Å². The number of rotatable bonds is 4. The molecule has 0 saturated carbocycles. The van der Waals surface area contributed by atoms with Gasteiger partial charge in [-0.15, -0.1) is 0 Å². The topological polar surface area (TPSA) is 34.7 Å². The van der Waals surface area contributed by atoms with E-state index in [0.29, 0.717) is 6.61 Å². The fourth-order valence-electron chi connectivity index (χ4n) is 3.42. The van der Waals surface area contributed by atoms with Gasteiger partial charge in [0.2, 0.25) is 0 Å². The Bertz CT molecular complexity index is 1230. The summed E-state index contributed by atoms with van der Waals surface area (Å²) in [6.45, 7) is 8.87. The van der Waals surface area contributed by atoms with Crippen molar-refractivity contribution in [2.24, 2.45) is 4.99 Å². The maximum absolute atomic E-state index is 6.23. The molecule has 1 aromatic heterocycles. The van der Waals surface area contributed by atoms with Crippen LogP contribution in [-0.2, 0) is 0 Å². The summed E-state index contributed by atoms with van der Waals surface area (Å²) in [7, 11) is 0. The first-order valence-corrected chi connectivity index (χ1v) is 9.93. The van der Waals surface area contributed by atoms with E-state index in [1.807, 2.05) is 31.2 Å². The molecule has 1 heterocycles. The molecule has 4 aromatic rings. The van der Waals surface area contributed by atoms with E-state index in [9.17, 15) is 0 Å². The van der Waals surface area contributed by atoms with E-state index in [1.54, 1.807) is 0 Å². The van der Waals surface area contributed by atoms with Crippen molar-refractivity contribution in [1.29, 1.82) is 0 Å². The smallest absolute Gasteiger partial charge is 0.137 e. The molecule has 3 heteroatoms. The Kier molecular flexibility index (Phi) is 5.22. The lowest BCUT2D eigenvalue weighted by Gasteiger charge is -2.08. The number of fused-ring (bicyclic) bond motifs is 1. The molecule has 0 atom stereocenters. The summed E-state index contributed by atoms with van der Waals surface area (Å²) in [5, 5.41) is 1.81. The van der Waals surface area contributed by atoms with Gasteiger partial charge in [-0.05, 0) is 57.5 Å². The summed E-state index contributed by atoms with van der Waals surface area (Å²) >= 11 is 0. The Hall–Kier alpha value is -3.33. The largest absolute Gasteiger partial charge is 0.494 e. The fourth-order valence-corrected chi connectivity index (χ4v) is 3.42. The molecule has 0 unspecified atom stereocenters. The lowest BCUT2D eigenvalue weighted by molar-refractivity contribution is 0.340. The Morgan fingerprint density at radius 2 is 1.59 bits per heavy atom. The number of aryl methyl sites for hydroxylation is 3. The third kappa shape index (κ3) is 4.09. The van der Waals surface area contributed by atoms with Crippen LogP contribution in [0.5, 0.6) is 5.75 Å². The summed E-state index contributed by atoms with van der Waals surface area (Å²) in [5.74, 6) is 1.61. The van der Waals surface area contributed by atoms with Gasteiger partial charge < -0.3 is 9.15 Å². The Morgan fingerprint density at radius 1 is 0.828 bits per heavy atom. The van der Waals surface area contributed by atoms with Crippen LogP contribution >= 0.6 is 0 Å². The van der Waals surface area contributed by atoms with E-state index in [-0.39, 0.29) is 0 Å². The maximum Gasteiger partial charge on any atom is 0.137 e. The zero-order chi connectivity index (χ0) is 20.4. The van der Waals surface area contributed by atoms with E-state index in [1.165, 1.54) is 11.1 Å². The number of nitrogens with zero attached hydrogens (tertiary/aromatic N) is 1. The molecule has 0 aliphatic rings. The molecular formula is C26H25NO2. The van der Waals surface area contributed by atoms with E-state index in [2.05, 4.69) is 63.2 Å². The summed E-state index contributed by atoms with van der Waals surface area (Å²) < 4.78 is 11.9. The highest BCUT2D eigenvalue weighted by Gasteiger charge is 2.08. The van der Waals surface area contributed by atoms with Crippen LogP contribution in [0.15, 0.2) is 76.1 Å². The van der Waals surface area contributed by atoms with E-state index in [4.69, 9.17) is 14.1 Å². The molecule has 0 saturated heterocycles. The van der Waals surface area contributed by atoms with Crippen molar-refractivity contribution in [3.8, 4) is 17.1 Å². The minimum Gasteiger partial charge on any atom is -0.494 e. The number of hydrogen-bond donors (Lipinski definition) is 0. The van der Waals surface area contributed by atoms with Gasteiger partial charge in [0.1, 0.15) is 17.1 Å². The van der Waals surface area contributed by atoms with Gasteiger partial charge in [-0.25, -0.2) is 4.99 Å². The first-order chi connectivity index (χ1) is 14.0. The molecule has 0 amide bonds. The summed E-state index contributed by atoms with van der Waals surface area (Å²) in [4.78, 5) is 5.00. The van der Waals surface area contributed by atoms with Crippen LogP contribution in [0.25, 0.3) is 22.3 Å². The van der Waals surface area contributed by atoms with Crippen molar-refractivity contribution in [3.05, 3.63) is 88.8 Å². The molecule has 29 heavy (non-hydrogen) atoms. The van der Waals surface area contributed by atoms with Gasteiger partial charge in [-0.3, -0.25) is 0 Å². The molecule has 4 rings (SSSR count). The van der Waals surface area contributed by atoms with Crippen molar-refractivity contribution in [2.45, 2.75) is 27.7 Å². The predicted octanol–water partition coefficient (Wildman–Crippen LogP) is 6.66. The molecule has 0 aliphatic carbocycles. The van der Waals surface area contributed by atoms with Crippen LogP contribution in [0.3, 0.4) is 0 Å². The maximum atomic E-state index is 6.23. The molecular weight excluding hydrogens is 358 g/mol. The Labute approximate surface area is 171 Å². The van der Waals surface area contributed by atoms with Gasteiger partial charge >= 0.3 is 0 Å². The van der Waals surface area contributed by atoms with Gasteiger partial charge in [-0.1, -0.05) is 47.5 Å². The zero-order valence-corrected chi connectivity index (χ0v) is 17.3. The summed E-state index contributed by atoms with van der Waals surface area (Å²) in [5.41, 5.74) is 6.37. The molecule has 0 fully saturated rings. The normalized spacial score (nSPS) is 11.8. The zero-order valence-electron chi connectivity index (χ0n) is 17.3. The average Bonchev–Trinajstić information content (AvgIpc) is 2.71. The molecule has 0 bridgehead atoms. The second-order valence-corrected chi connectivity index (χ2v) is 7.35. The predicted molar refractivity (Wildman–Crippen MR) is 119 cm³/mol. The second kappa shape index (κ2) is 7.96. The molecule has 0 radical (unpaired) electrons. The Morgan fingerprint density at radius 3 is 2.31 bits per heavy atom. The quantitative estimate of drug-likeness (QED) is 0.395. The van der Waals surface area contributed by atoms with Crippen molar-refractivity contribution in [3.63, 3.8) is 0 Å². The number of hydrogen-bond acceptors (Lipinski definition) is 3. The molecule has 0 aliphatic heterocycles. The van der Waals surface area contributed by atoms with Crippen LogP contribution in [0.1, 0.15) is 23.6 Å². The van der Waals surface area contributed by atoms with Gasteiger partial charge in [-0.2, -0.15) is 0 Å². The monoisotopic (exact) mass is 383 g/mol. The first kappa shape index (κ1) is 19.0. The molecule has 3 nitrogen and oxygen atoms in total. The molecule has 0 spiro atoms. The highest BCUT2D eigenvalue weighted by Crippen LogP contribution is 2.26. The highest BCUT2D eigenvalue weighted by atomic mass is 16.5. The van der Waals surface area contributed by atoms with Gasteiger partial charge in [0.05, 0.1) is 17.7 Å². The van der Waals surface area contributed by atoms with E-state index in [0.717, 1.165) is 44.7 Å². The third-order valence-corrected chi connectivity index (χ3v) is 4.95. The minimum absolute atomic E-state index is 0.619. The summed E-state index contributed by atoms with van der Waals surface area (Å²) in [6, 6.07) is 22.6. The molecule has 0 N–H and O–H groups in total. The first-order valence-electron chi connectivity index (χ1n) is 9.93. The van der Waals surface area contributed by atoms with Gasteiger partial charge in [0.15, 0.2) is 0 Å². The van der Waals surface area contributed by atoms with Gasteiger partial charge in [0, 0.05) is 17.0 Å². The average molecular weight is 383 g/mol. The molecule has 3 aromatic carbocycles. The van der Waals surface area contributed by atoms with Crippen molar-refractivity contribution >= 4 is 16.7 Å². The van der Waals surface area contributed by atoms with Crippen molar-refractivity contribution in [1.82, 2.24) is 0 Å². The lowest BCUT2D eigenvalue weighted by Crippen LogP contribution is -2.04. The lowest BCUT2D eigenvalue weighted by atomic mass is 10.1. The SMILES string of the molecule is CCOc1ccc2oc(-c3ccc(C)cc3)cc(=Nc3ccc(C)cc3C)c2c1. The van der Waals surface area contributed by atoms with Crippen LogP contribution in [0.2, 0.25) is 0 Å². The fraction of sp³-hybridized carbons (Fsp3) is 0.192. The standard InChI is InChI=1S/C26H25NO2/c1-5-28-21-11-13-25-22(15-21)24(27-23-12-8-18(3)14-19(23)4)16-26(29-25)20-9-6-17(2)7-10-20/h6-16H,5H2,1-4H3. The van der Waals surface area contributed by atoms with Gasteiger partial charge in [0.25, 0.3) is 0 Å². The molecule has 146 valence electrons. The third-order valence-electron chi connectivity index (χ3n) is 4.95. The highest BCUT2D eigenvalue weighted by molar-refractivity contribution is 5.80. The Balaban J connectivity index is 1.98. The van der Waals surface area contributed by atoms with Crippen LogP contribution in [-0.4, -0.2) is 6.61 Å². The number of benzene rings is 3. The van der Waals surface area contributed by atoms with E-state index >= 15 is 0 Å². The van der Waals surface area contributed by atoms with Crippen molar-refractivity contribution < 1.29 is 9.15 Å². The summed E-state index contributed by atoms with van der Waals surface area (Å²) in [6.07, 6.45) is 0. The van der Waals surface area contributed by atoms with Crippen LogP contribution in [0.4, 0.5) is 5.69 Å². The number of ether oxygens (including phenoxy) is 1. The second-order valence-electron chi connectivity index (χ2n) is 7.35. The minimum atomic E-state index is 0.619. The van der Waals surface area contributed by atoms with Crippen molar-refractivity contribution in [2.75, 3.05) is 6.61 Å². The van der Waals surface area contributed by atoms with Crippen LogP contribution < -0.4 is 10.1 Å². The van der Waals surface area contributed by atoms with E-state index < -0.39 is 0 Å².